The number of Topliss-reactive ketones (excluding diaryl/α,β-unsaturated/α-hetero) is 2. The molecule has 0 fully saturated rings. The van der Waals surface area contributed by atoms with Crippen molar-refractivity contribution in [1.82, 2.24) is 19.9 Å². The quantitative estimate of drug-likeness (QED) is 0.0251. The van der Waals surface area contributed by atoms with Crippen LogP contribution in [0.15, 0.2) is 214 Å². The van der Waals surface area contributed by atoms with Crippen molar-refractivity contribution in [3.8, 4) is 0 Å². The number of anilines is 2. The molecule has 0 amide bonds. The Bertz CT molecular complexity index is 5940. The number of pyridine rings is 4. The molecule has 0 aliphatic heterocycles. The Labute approximate surface area is 859 Å². The van der Waals surface area contributed by atoms with Crippen molar-refractivity contribution in [3.05, 3.63) is 328 Å². The van der Waals surface area contributed by atoms with E-state index in [2.05, 4.69) is 75.3 Å². The van der Waals surface area contributed by atoms with Gasteiger partial charge in [-0.15, -0.1) is 0 Å². The second-order valence-electron chi connectivity index (χ2n) is 27.5. The topological polar surface area (TPSA) is 693 Å². The monoisotopic (exact) mass is 2200 g/mol. The number of rotatable bonds is 20. The van der Waals surface area contributed by atoms with E-state index in [1.807, 2.05) is 30.5 Å². The molecule has 0 saturated carbocycles. The molecule has 46 heteroatoms. The van der Waals surface area contributed by atoms with Gasteiger partial charge in [-0.3, -0.25) is 77.5 Å². The first-order chi connectivity index (χ1) is 59.8. The zero-order valence-electron chi connectivity index (χ0n) is 73.6. The Morgan fingerprint density at radius 1 is 0.353 bits per heavy atom. The number of allylic oxidation sites excluding steroid dienone is 8. The van der Waals surface area contributed by atoms with Crippen LogP contribution >= 0.6 is 0 Å². The fraction of sp³-hybridized carbons (Fsp3) is 0.200. The number of carbonyl (C=O) groups is 12. The Balaban J connectivity index is -0.000000365. The molecule has 136 heavy (non-hydrogen) atoms. The molecule has 36 nitrogen and oxygen atoms in total. The number of fused-ring (bicyclic) bond motifs is 4. The van der Waals surface area contributed by atoms with Gasteiger partial charge in [-0.25, -0.2) is 54.2 Å². The fourth-order valence-electron chi connectivity index (χ4n) is 12.3. The minimum atomic E-state index is -4.13. The summed E-state index contributed by atoms with van der Waals surface area (Å²) in [6.45, 7) is 35.5. The summed E-state index contributed by atoms with van der Waals surface area (Å²) >= 11 is 0. The van der Waals surface area contributed by atoms with Crippen LogP contribution in [0.5, 0.6) is 0 Å². The molecule has 0 atom stereocenters. The summed E-state index contributed by atoms with van der Waals surface area (Å²) in [6.07, 6.45) is 26.7. The predicted octanol–water partition coefficient (Wildman–Crippen LogP) is 9.25. The molecular weight excluding hydrogens is 2100 g/mol. The number of hydrogen-bond donors (Lipinski definition) is 10. The number of nitrogen functional groups attached to an aromatic ring is 2. The molecule has 8 aromatic rings. The number of primary sulfonamides is 4. The van der Waals surface area contributed by atoms with E-state index < -0.39 is 110 Å². The third-order valence-electron chi connectivity index (χ3n) is 18.1. The van der Waals surface area contributed by atoms with Gasteiger partial charge in [0.2, 0.25) is 40.1 Å². The molecule has 4 aromatic heterocycles. The maximum absolute atomic E-state index is 13.0. The smallest absolute Gasteiger partial charge is 0.481 e. The number of carboxylic acids is 4. The largest absolute Gasteiger partial charge is 2.00 e. The van der Waals surface area contributed by atoms with Gasteiger partial charge in [-0.05, 0) is 112 Å². The van der Waals surface area contributed by atoms with Crippen molar-refractivity contribution in [2.24, 2.45) is 20.6 Å². The maximum atomic E-state index is 13.0. The normalized spacial score (nSPS) is 12.0. The molecule has 4 aliphatic rings. The van der Waals surface area contributed by atoms with Crippen LogP contribution in [-0.2, 0) is 180 Å². The SMILES string of the molecule is CC(=O)O.CC(=O)O.CC(=O)O.CC(=O)O.NS(=O)(=O)c1cccc2c1C(=O)C=CC2=O.NS(=O)(=O)c1cccc2c1C(=O)C=CC2=O.O.O.[CH2-]CC(C[CH2-])c1ccncc1CC1=CC(=O)c2c(cccc2S(N)(=O)=O)C1=O.[CH2-]CC(C[CH2-])c1ccncc1N.[CH2-]CC(C[CH2-])c1cncc(CC2=CC(=O)c3c(cccc3S(N)(=O)=O)C2=O)c1.[CH2-]CC(C[CH2-])c1cncc(N)c1.[Cu].[Cu].[V+2].[V+2].[V+2].[V+2]. The third kappa shape index (κ3) is 42.7. The number of aliphatic carboxylic acids is 4. The molecule has 4 heterocycles. The van der Waals surface area contributed by atoms with Crippen molar-refractivity contribution in [1.29, 1.82) is 0 Å². The molecule has 0 unspecified atom stereocenters. The summed E-state index contributed by atoms with van der Waals surface area (Å²) in [5.74, 6) is -6.03. The van der Waals surface area contributed by atoms with E-state index in [1.54, 1.807) is 43.4 Å². The summed E-state index contributed by atoms with van der Waals surface area (Å²) in [6, 6.07) is 23.8. The average Bonchev–Trinajstić information content (AvgIpc) is 0.757. The Hall–Kier alpha value is -9.78. The van der Waals surface area contributed by atoms with Crippen molar-refractivity contribution in [2.45, 2.75) is 135 Å². The van der Waals surface area contributed by atoms with Crippen molar-refractivity contribution in [3.63, 3.8) is 0 Å². The van der Waals surface area contributed by atoms with Crippen molar-refractivity contribution in [2.75, 3.05) is 11.5 Å². The average molecular weight is 2200 g/mol. The second-order valence-corrected chi connectivity index (χ2v) is 33.6. The molecular formula is C90H102Cu2N10O26S4V4. The van der Waals surface area contributed by atoms with E-state index in [0.717, 1.165) is 117 Å². The number of carboxylic acid groups (broad SMARTS) is 4. The molecule has 20 N–H and O–H groups in total. The van der Waals surface area contributed by atoms with Gasteiger partial charge in [0, 0.05) is 151 Å². The van der Waals surface area contributed by atoms with E-state index in [4.69, 9.17) is 71.6 Å². The Morgan fingerprint density at radius 2 is 0.632 bits per heavy atom. The molecule has 734 valence electrons. The number of hydrogen-bond acceptors (Lipinski definition) is 26. The summed E-state index contributed by atoms with van der Waals surface area (Å²) in [7, 11) is -16.3. The van der Waals surface area contributed by atoms with Crippen LogP contribution in [0.1, 0.15) is 219 Å². The number of sulfonamides is 4. The van der Waals surface area contributed by atoms with Gasteiger partial charge in [0.05, 0.1) is 59.4 Å². The van der Waals surface area contributed by atoms with Gasteiger partial charge in [0.15, 0.2) is 46.3 Å². The van der Waals surface area contributed by atoms with Crippen LogP contribution in [0.3, 0.4) is 0 Å². The first-order valence-electron chi connectivity index (χ1n) is 38.0. The van der Waals surface area contributed by atoms with Gasteiger partial charge in [0.1, 0.15) is 0 Å². The van der Waals surface area contributed by atoms with E-state index in [-0.39, 0.29) is 219 Å². The fourth-order valence-corrected chi connectivity index (χ4v) is 15.4. The Morgan fingerprint density at radius 3 is 0.949 bits per heavy atom. The van der Waals surface area contributed by atoms with Crippen LogP contribution in [0.2, 0.25) is 0 Å². The molecule has 12 rings (SSSR count). The van der Waals surface area contributed by atoms with E-state index in [9.17, 15) is 72.0 Å². The third-order valence-corrected chi connectivity index (χ3v) is 21.9. The van der Waals surface area contributed by atoms with Gasteiger partial charge in [0.25, 0.3) is 23.9 Å². The van der Waals surface area contributed by atoms with Gasteiger partial charge in [-0.2, -0.15) is 51.4 Å². The molecule has 0 saturated heterocycles. The first-order valence-corrected chi connectivity index (χ1v) is 44.2. The summed E-state index contributed by atoms with van der Waals surface area (Å²) in [4.78, 5) is 148. The zero-order chi connectivity index (χ0) is 97.1. The number of nitrogens with zero attached hydrogens (tertiary/aromatic N) is 4. The van der Waals surface area contributed by atoms with Crippen molar-refractivity contribution >= 4 is 122 Å². The standard InChI is InChI=1S/2C21H20N2O4S.2C10H14N2.2C10H7NO4S.4C2H4O2.2Cu.2H2O.4V/c1-3-14(4-2)16-9-13(11-23-12-16)8-15-10-18(24)20-17(21(15)25)6-5-7-19(20)28(22,26)27;1-3-13(4-2)16-8-9-23-12-15(16)10-14-11-18(24)20-17(21(14)25)6-5-7-19(20)28(22,26)27;1-3-8(4-2)9-5-10(11)7-12-6-9;1-3-8(4-2)9-5-6-12-7-10(9)11;2*11-16(14,15)9-3-1-2-6-7(12)4-5-8(13)10(6)9;4*1-2(3)4;;;;;;;;/h5-7,9-12,14H,1-4,8H2,(H2,22,26,27);5-9,11-13H,1-4,10H2,(H2,22,26,27);2*5-8H,1-4,11H2;2*1-5H,(H2,11,14,15);4*1H3,(H,3,4);;;2*1H2;;;;/q4*-2;;;;;;;;;;;4*+2. The molecule has 4 aliphatic carbocycles. The Kier molecular flexibility index (Phi) is 65.6. The van der Waals surface area contributed by atoms with E-state index in [1.165, 1.54) is 84.9 Å². The number of nitrogens with two attached hydrogens (primary N) is 6. The molecule has 0 bridgehead atoms. The summed E-state index contributed by atoms with van der Waals surface area (Å²) in [5.41, 5.74) is 18.8. The summed E-state index contributed by atoms with van der Waals surface area (Å²) < 4.78 is 92.1. The van der Waals surface area contributed by atoms with Crippen molar-refractivity contribution < 1.29 is 231 Å². The van der Waals surface area contributed by atoms with Gasteiger partial charge >= 0.3 is 74.2 Å². The van der Waals surface area contributed by atoms with Crippen LogP contribution in [0.25, 0.3) is 0 Å². The molecule has 0 spiro atoms. The zero-order valence-corrected chi connectivity index (χ0v) is 84.3. The van der Waals surface area contributed by atoms with Crippen LogP contribution in [-0.4, -0.2) is 155 Å². The van der Waals surface area contributed by atoms with E-state index in [0.29, 0.717) is 43.2 Å². The van der Waals surface area contributed by atoms with Crippen LogP contribution in [0.4, 0.5) is 11.4 Å². The maximum Gasteiger partial charge on any atom is 2.00 e. The first kappa shape index (κ1) is 137. The summed E-state index contributed by atoms with van der Waals surface area (Å²) in [5, 5.41) is 50.0. The molecule has 4 aromatic carbocycles. The minimum Gasteiger partial charge on any atom is -0.481 e. The van der Waals surface area contributed by atoms with Crippen LogP contribution < -0.4 is 32.0 Å². The minimum absolute atomic E-state index is 0. The van der Waals surface area contributed by atoms with Gasteiger partial charge in [-0.1, -0.05) is 78.3 Å². The number of benzene rings is 4. The van der Waals surface area contributed by atoms with Gasteiger partial charge < -0.3 is 98.2 Å². The van der Waals surface area contributed by atoms with Crippen LogP contribution in [0, 0.1) is 55.4 Å². The number of aromatic nitrogens is 4. The predicted molar refractivity (Wildman–Crippen MR) is 485 cm³/mol. The number of ketones is 8. The number of carbonyl (C=O) groups excluding carboxylic acids is 8. The molecule has 6 radical (unpaired) electrons. The van der Waals surface area contributed by atoms with E-state index >= 15 is 0 Å². The second kappa shape index (κ2) is 65.1.